The van der Waals surface area contributed by atoms with Gasteiger partial charge in [0.05, 0.1) is 6.07 Å². The van der Waals surface area contributed by atoms with Gasteiger partial charge in [0, 0.05) is 5.92 Å². The molecule has 2 unspecified atom stereocenters. The zero-order chi connectivity index (χ0) is 13.9. The third kappa shape index (κ3) is 3.26. The zero-order valence-corrected chi connectivity index (χ0v) is 13.1. The second-order valence-electron chi connectivity index (χ2n) is 6.42. The summed E-state index contributed by atoms with van der Waals surface area (Å²) < 4.78 is 6.36. The molecule has 0 radical (unpaired) electrons. The van der Waals surface area contributed by atoms with E-state index in [0.717, 1.165) is 19.3 Å². The van der Waals surface area contributed by atoms with Gasteiger partial charge in [-0.3, -0.25) is 0 Å². The van der Waals surface area contributed by atoms with Crippen LogP contribution in [0.15, 0.2) is 30.3 Å². The van der Waals surface area contributed by atoms with Crippen LogP contribution in [0.5, 0.6) is 0 Å². The molecular formula is C16H23NOSi. The molecule has 1 fully saturated rings. The van der Waals surface area contributed by atoms with Gasteiger partial charge in [-0.05, 0) is 44.5 Å². The Labute approximate surface area is 117 Å². The Morgan fingerprint density at radius 1 is 1.21 bits per heavy atom. The largest absolute Gasteiger partial charge is 0.399 e. The van der Waals surface area contributed by atoms with Crippen molar-refractivity contribution < 1.29 is 4.43 Å². The number of nitriles is 1. The molecule has 2 nitrogen and oxygen atoms in total. The number of benzene rings is 1. The minimum absolute atomic E-state index is 0.221. The number of nitrogens with zero attached hydrogens (tertiary/aromatic N) is 1. The maximum absolute atomic E-state index is 9.78. The van der Waals surface area contributed by atoms with E-state index in [0.29, 0.717) is 0 Å². The molecule has 0 aromatic heterocycles. The molecule has 1 aliphatic carbocycles. The van der Waals surface area contributed by atoms with Gasteiger partial charge in [0.1, 0.15) is 0 Å². The fourth-order valence-corrected chi connectivity index (χ4v) is 4.47. The molecule has 2 rings (SSSR count). The summed E-state index contributed by atoms with van der Waals surface area (Å²) in [6, 6.07) is 12.9. The second-order valence-corrected chi connectivity index (χ2v) is 10.9. The van der Waals surface area contributed by atoms with Gasteiger partial charge in [0.25, 0.3) is 0 Å². The summed E-state index contributed by atoms with van der Waals surface area (Å²) >= 11 is 0. The molecule has 102 valence electrons. The fraction of sp³-hybridized carbons (Fsp3) is 0.562. The number of hydrogen-bond acceptors (Lipinski definition) is 2. The molecule has 2 atom stereocenters. The molecule has 19 heavy (non-hydrogen) atoms. The van der Waals surface area contributed by atoms with Crippen molar-refractivity contribution in [2.75, 3.05) is 0 Å². The maximum Gasteiger partial charge on any atom is 0.185 e. The van der Waals surface area contributed by atoms with Crippen LogP contribution >= 0.6 is 0 Å². The van der Waals surface area contributed by atoms with Crippen molar-refractivity contribution in [3.63, 3.8) is 0 Å². The van der Waals surface area contributed by atoms with Crippen LogP contribution in [-0.4, -0.2) is 13.9 Å². The van der Waals surface area contributed by atoms with Gasteiger partial charge in [0.15, 0.2) is 13.9 Å². The summed E-state index contributed by atoms with van der Waals surface area (Å²) in [6.45, 7) is 6.51. The minimum atomic E-state index is -1.74. The quantitative estimate of drug-likeness (QED) is 0.762. The van der Waals surface area contributed by atoms with Crippen LogP contribution in [0, 0.1) is 11.3 Å². The van der Waals surface area contributed by atoms with Crippen molar-refractivity contribution in [3.8, 4) is 6.07 Å². The van der Waals surface area contributed by atoms with Gasteiger partial charge < -0.3 is 4.43 Å². The van der Waals surface area contributed by atoms with E-state index in [4.69, 9.17) is 4.43 Å². The summed E-state index contributed by atoms with van der Waals surface area (Å²) in [5, 5.41) is 9.78. The Balaban J connectivity index is 2.36. The third-order valence-electron chi connectivity index (χ3n) is 3.73. The van der Waals surface area contributed by atoms with E-state index in [9.17, 15) is 5.26 Å². The maximum atomic E-state index is 9.78. The van der Waals surface area contributed by atoms with E-state index < -0.39 is 13.9 Å². The van der Waals surface area contributed by atoms with Gasteiger partial charge >= 0.3 is 0 Å². The molecule has 0 heterocycles. The van der Waals surface area contributed by atoms with E-state index in [1.165, 1.54) is 12.0 Å². The van der Waals surface area contributed by atoms with Gasteiger partial charge in [-0.15, -0.1) is 0 Å². The predicted molar refractivity (Wildman–Crippen MR) is 80.4 cm³/mol. The highest BCUT2D eigenvalue weighted by molar-refractivity contribution is 6.69. The van der Waals surface area contributed by atoms with Crippen LogP contribution in [-0.2, 0) is 4.43 Å². The average Bonchev–Trinajstić information content (AvgIpc) is 2.38. The lowest BCUT2D eigenvalue weighted by Crippen LogP contribution is -2.47. The summed E-state index contributed by atoms with van der Waals surface area (Å²) in [5.41, 5.74) is 0.645. The molecule has 3 heteroatoms. The van der Waals surface area contributed by atoms with Crippen molar-refractivity contribution in [1.82, 2.24) is 0 Å². The van der Waals surface area contributed by atoms with Crippen LogP contribution < -0.4 is 0 Å². The second kappa shape index (κ2) is 5.48. The molecule has 0 spiro atoms. The normalized spacial score (nSPS) is 27.8. The lowest BCUT2D eigenvalue weighted by atomic mass is 9.73. The SMILES string of the molecule is C[Si](C)(C)OC1(C#N)CCCCC1c1ccccc1. The first-order valence-electron chi connectivity index (χ1n) is 7.13. The fourth-order valence-electron chi connectivity index (χ4n) is 3.09. The van der Waals surface area contributed by atoms with E-state index in [1.54, 1.807) is 0 Å². The Kier molecular flexibility index (Phi) is 4.12. The first-order valence-corrected chi connectivity index (χ1v) is 10.5. The van der Waals surface area contributed by atoms with E-state index in [1.807, 2.05) is 6.07 Å². The van der Waals surface area contributed by atoms with Crippen molar-refractivity contribution in [1.29, 1.82) is 5.26 Å². The predicted octanol–water partition coefficient (Wildman–Crippen LogP) is 4.46. The molecule has 1 aliphatic rings. The molecule has 0 amide bonds. The highest BCUT2D eigenvalue weighted by Gasteiger charge is 2.45. The van der Waals surface area contributed by atoms with Crippen molar-refractivity contribution in [2.24, 2.45) is 0 Å². The van der Waals surface area contributed by atoms with Crippen molar-refractivity contribution in [3.05, 3.63) is 35.9 Å². The van der Waals surface area contributed by atoms with Gasteiger partial charge in [-0.1, -0.05) is 36.8 Å². The molecular weight excluding hydrogens is 250 g/mol. The Morgan fingerprint density at radius 3 is 2.47 bits per heavy atom. The minimum Gasteiger partial charge on any atom is -0.399 e. The van der Waals surface area contributed by atoms with Crippen LogP contribution in [0.2, 0.25) is 19.6 Å². The van der Waals surface area contributed by atoms with E-state index in [2.05, 4.69) is 50.0 Å². The molecule has 0 N–H and O–H groups in total. The molecule has 1 saturated carbocycles. The summed E-state index contributed by atoms with van der Waals surface area (Å²) in [4.78, 5) is 0. The molecule has 0 saturated heterocycles. The molecule has 1 aromatic carbocycles. The Morgan fingerprint density at radius 2 is 1.89 bits per heavy atom. The third-order valence-corrected chi connectivity index (χ3v) is 4.71. The standard InChI is InChI=1S/C16H23NOSi/c1-19(2,3)18-16(13-17)12-8-7-11-15(16)14-9-5-4-6-10-14/h4-6,9-10,15H,7-8,11-12H2,1-3H3. The summed E-state index contributed by atoms with van der Waals surface area (Å²) in [6.07, 6.45) is 4.22. The highest BCUT2D eigenvalue weighted by Crippen LogP contribution is 2.44. The van der Waals surface area contributed by atoms with Crippen molar-refractivity contribution in [2.45, 2.75) is 56.8 Å². The van der Waals surface area contributed by atoms with Crippen LogP contribution in [0.4, 0.5) is 0 Å². The van der Waals surface area contributed by atoms with Crippen LogP contribution in [0.1, 0.15) is 37.2 Å². The van der Waals surface area contributed by atoms with Crippen molar-refractivity contribution >= 4 is 8.32 Å². The van der Waals surface area contributed by atoms with Gasteiger partial charge in [0.2, 0.25) is 0 Å². The summed E-state index contributed by atoms with van der Waals surface area (Å²) in [7, 11) is -1.74. The Bertz CT molecular complexity index is 460. The molecule has 1 aromatic rings. The van der Waals surface area contributed by atoms with Gasteiger partial charge in [-0.25, -0.2) is 0 Å². The smallest absolute Gasteiger partial charge is 0.185 e. The highest BCUT2D eigenvalue weighted by atomic mass is 28.4. The monoisotopic (exact) mass is 273 g/mol. The molecule has 0 aliphatic heterocycles. The van der Waals surface area contributed by atoms with E-state index >= 15 is 0 Å². The number of rotatable bonds is 3. The lowest BCUT2D eigenvalue weighted by Gasteiger charge is -2.42. The average molecular weight is 273 g/mol. The zero-order valence-electron chi connectivity index (χ0n) is 12.1. The Hall–Kier alpha value is -1.11. The first-order chi connectivity index (χ1) is 8.97. The number of hydrogen-bond donors (Lipinski definition) is 0. The first kappa shape index (κ1) is 14.3. The van der Waals surface area contributed by atoms with Crippen LogP contribution in [0.3, 0.4) is 0 Å². The van der Waals surface area contributed by atoms with Crippen LogP contribution in [0.25, 0.3) is 0 Å². The van der Waals surface area contributed by atoms with Gasteiger partial charge in [-0.2, -0.15) is 5.26 Å². The topological polar surface area (TPSA) is 33.0 Å². The lowest BCUT2D eigenvalue weighted by molar-refractivity contribution is 0.0541. The molecule has 0 bridgehead atoms. The van der Waals surface area contributed by atoms with E-state index in [-0.39, 0.29) is 5.92 Å². The summed E-state index contributed by atoms with van der Waals surface area (Å²) in [5.74, 6) is 0.221.